The Kier molecular flexibility index (Phi) is 5.45. The molecule has 28 heavy (non-hydrogen) atoms. The minimum absolute atomic E-state index is 0.0898. The number of carbonyl (C=O) groups excluding carboxylic acids is 1. The molecule has 2 nitrogen and oxygen atoms in total. The third-order valence-electron chi connectivity index (χ3n) is 4.65. The minimum Gasteiger partial charge on any atom is -0.322 e. The molecular formula is C25H21NOS. The number of amides is 1. The molecule has 0 unspecified atom stereocenters. The van der Waals surface area contributed by atoms with Crippen LogP contribution in [0.4, 0.5) is 5.69 Å². The third-order valence-corrected chi connectivity index (χ3v) is 5.73. The van der Waals surface area contributed by atoms with Crippen molar-refractivity contribution in [1.29, 1.82) is 0 Å². The van der Waals surface area contributed by atoms with Crippen molar-refractivity contribution in [2.45, 2.75) is 17.6 Å². The number of carbonyl (C=O) groups is 1. The maximum Gasteiger partial charge on any atom is 0.255 e. The second kappa shape index (κ2) is 8.32. The van der Waals surface area contributed by atoms with Crippen LogP contribution in [0.2, 0.25) is 0 Å². The van der Waals surface area contributed by atoms with Gasteiger partial charge in [0.2, 0.25) is 0 Å². The zero-order valence-corrected chi connectivity index (χ0v) is 16.5. The number of fused-ring (bicyclic) bond motifs is 1. The van der Waals surface area contributed by atoms with Crippen LogP contribution in [0.15, 0.2) is 95.9 Å². The fourth-order valence-electron chi connectivity index (χ4n) is 3.02. The molecule has 0 heterocycles. The summed E-state index contributed by atoms with van der Waals surface area (Å²) in [7, 11) is 0. The van der Waals surface area contributed by atoms with E-state index in [1.165, 1.54) is 16.0 Å². The van der Waals surface area contributed by atoms with E-state index in [9.17, 15) is 4.79 Å². The zero-order chi connectivity index (χ0) is 19.3. The largest absolute Gasteiger partial charge is 0.322 e. The quantitative estimate of drug-likeness (QED) is 0.389. The van der Waals surface area contributed by atoms with Crippen LogP contribution in [0.25, 0.3) is 10.8 Å². The van der Waals surface area contributed by atoms with Gasteiger partial charge in [-0.2, -0.15) is 0 Å². The smallest absolute Gasteiger partial charge is 0.255 e. The van der Waals surface area contributed by atoms with Crippen molar-refractivity contribution in [3.8, 4) is 0 Å². The Morgan fingerprint density at radius 2 is 1.54 bits per heavy atom. The van der Waals surface area contributed by atoms with E-state index in [4.69, 9.17) is 0 Å². The second-order valence-corrected chi connectivity index (χ2v) is 7.86. The van der Waals surface area contributed by atoms with Gasteiger partial charge in [-0.05, 0) is 59.7 Å². The molecule has 0 aromatic heterocycles. The van der Waals surface area contributed by atoms with E-state index in [1.54, 1.807) is 11.8 Å². The van der Waals surface area contributed by atoms with Crippen molar-refractivity contribution in [1.82, 2.24) is 0 Å². The molecule has 0 bridgehead atoms. The number of hydrogen-bond acceptors (Lipinski definition) is 2. The van der Waals surface area contributed by atoms with Crippen molar-refractivity contribution in [2.24, 2.45) is 0 Å². The van der Waals surface area contributed by atoms with Gasteiger partial charge in [0, 0.05) is 21.9 Å². The molecule has 4 aromatic rings. The maximum absolute atomic E-state index is 12.6. The Labute approximate surface area is 169 Å². The number of anilines is 1. The minimum atomic E-state index is -0.0898. The number of rotatable bonds is 5. The molecule has 4 aromatic carbocycles. The number of aryl methyl sites for hydroxylation is 1. The Hall–Kier alpha value is -3.04. The van der Waals surface area contributed by atoms with Gasteiger partial charge >= 0.3 is 0 Å². The summed E-state index contributed by atoms with van der Waals surface area (Å²) in [6, 6.07) is 30.5. The van der Waals surface area contributed by atoms with E-state index in [1.807, 2.05) is 60.7 Å². The maximum atomic E-state index is 12.6. The van der Waals surface area contributed by atoms with Crippen molar-refractivity contribution in [3.63, 3.8) is 0 Å². The molecule has 1 amide bonds. The Balaban J connectivity index is 1.39. The summed E-state index contributed by atoms with van der Waals surface area (Å²) in [5.41, 5.74) is 3.94. The Morgan fingerprint density at radius 1 is 0.821 bits per heavy atom. The SMILES string of the molecule is Cc1ccc(SCc2ccc(C(=O)Nc3ccc4ccccc4c3)cc2)cc1. The number of thioether (sulfide) groups is 1. The predicted molar refractivity (Wildman–Crippen MR) is 119 cm³/mol. The summed E-state index contributed by atoms with van der Waals surface area (Å²) in [6.07, 6.45) is 0. The van der Waals surface area contributed by atoms with Crippen LogP contribution in [-0.4, -0.2) is 5.91 Å². The predicted octanol–water partition coefficient (Wildman–Crippen LogP) is 6.69. The van der Waals surface area contributed by atoms with Gasteiger partial charge in [0.1, 0.15) is 0 Å². The first-order chi connectivity index (χ1) is 13.7. The standard InChI is InChI=1S/C25H21NOS/c1-18-6-14-24(15-7-18)28-17-19-8-10-21(11-9-19)25(27)26-23-13-12-20-4-2-3-5-22(20)16-23/h2-16H,17H2,1H3,(H,26,27). The van der Waals surface area contributed by atoms with Gasteiger partial charge in [0.25, 0.3) is 5.91 Å². The number of hydrogen-bond donors (Lipinski definition) is 1. The highest BCUT2D eigenvalue weighted by Crippen LogP contribution is 2.24. The molecule has 138 valence electrons. The molecule has 1 N–H and O–H groups in total. The van der Waals surface area contributed by atoms with Gasteiger partial charge < -0.3 is 5.32 Å². The van der Waals surface area contributed by atoms with E-state index in [2.05, 4.69) is 42.6 Å². The van der Waals surface area contributed by atoms with Crippen LogP contribution in [0.5, 0.6) is 0 Å². The number of benzene rings is 4. The second-order valence-electron chi connectivity index (χ2n) is 6.81. The van der Waals surface area contributed by atoms with Crippen molar-refractivity contribution in [2.75, 3.05) is 5.32 Å². The lowest BCUT2D eigenvalue weighted by Crippen LogP contribution is -2.11. The van der Waals surface area contributed by atoms with Crippen LogP contribution in [0.3, 0.4) is 0 Å². The monoisotopic (exact) mass is 383 g/mol. The third kappa shape index (κ3) is 4.44. The first-order valence-electron chi connectivity index (χ1n) is 9.26. The molecular weight excluding hydrogens is 362 g/mol. The molecule has 4 rings (SSSR count). The molecule has 3 heteroatoms. The van der Waals surface area contributed by atoms with Gasteiger partial charge in [-0.15, -0.1) is 11.8 Å². The van der Waals surface area contributed by atoms with Gasteiger partial charge in [-0.25, -0.2) is 0 Å². The average molecular weight is 384 g/mol. The summed E-state index contributed by atoms with van der Waals surface area (Å²) < 4.78 is 0. The lowest BCUT2D eigenvalue weighted by molar-refractivity contribution is 0.102. The van der Waals surface area contributed by atoms with Gasteiger partial charge in [-0.3, -0.25) is 4.79 Å². The van der Waals surface area contributed by atoms with Crippen LogP contribution < -0.4 is 5.32 Å². The summed E-state index contributed by atoms with van der Waals surface area (Å²) >= 11 is 1.80. The van der Waals surface area contributed by atoms with Crippen molar-refractivity contribution >= 4 is 34.1 Å². The van der Waals surface area contributed by atoms with Gasteiger partial charge in [0.15, 0.2) is 0 Å². The van der Waals surface area contributed by atoms with E-state index in [-0.39, 0.29) is 5.91 Å². The first-order valence-corrected chi connectivity index (χ1v) is 10.2. The lowest BCUT2D eigenvalue weighted by atomic mass is 10.1. The number of nitrogens with one attached hydrogen (secondary N) is 1. The fourth-order valence-corrected chi connectivity index (χ4v) is 3.88. The molecule has 0 saturated heterocycles. The summed E-state index contributed by atoms with van der Waals surface area (Å²) in [5.74, 6) is 0.795. The molecule has 0 aliphatic carbocycles. The van der Waals surface area contributed by atoms with Crippen LogP contribution in [-0.2, 0) is 5.75 Å². The fraction of sp³-hybridized carbons (Fsp3) is 0.0800. The Morgan fingerprint density at radius 3 is 2.29 bits per heavy atom. The van der Waals surface area contributed by atoms with Crippen molar-refractivity contribution in [3.05, 3.63) is 108 Å². The van der Waals surface area contributed by atoms with E-state index >= 15 is 0 Å². The highest BCUT2D eigenvalue weighted by Gasteiger charge is 2.07. The average Bonchev–Trinajstić information content (AvgIpc) is 2.73. The summed E-state index contributed by atoms with van der Waals surface area (Å²) in [6.45, 7) is 2.09. The Bertz CT molecular complexity index is 1100. The van der Waals surface area contributed by atoms with Crippen LogP contribution in [0, 0.1) is 6.92 Å². The molecule has 0 aliphatic rings. The molecule has 0 spiro atoms. The van der Waals surface area contributed by atoms with Crippen LogP contribution >= 0.6 is 11.8 Å². The van der Waals surface area contributed by atoms with Crippen LogP contribution in [0.1, 0.15) is 21.5 Å². The topological polar surface area (TPSA) is 29.1 Å². The molecule has 0 fully saturated rings. The highest BCUT2D eigenvalue weighted by molar-refractivity contribution is 7.98. The van der Waals surface area contributed by atoms with Gasteiger partial charge in [0.05, 0.1) is 0 Å². The van der Waals surface area contributed by atoms with E-state index < -0.39 is 0 Å². The van der Waals surface area contributed by atoms with E-state index in [0.717, 1.165) is 22.2 Å². The highest BCUT2D eigenvalue weighted by atomic mass is 32.2. The normalized spacial score (nSPS) is 10.8. The molecule has 0 saturated carbocycles. The van der Waals surface area contributed by atoms with Crippen molar-refractivity contribution < 1.29 is 4.79 Å². The lowest BCUT2D eigenvalue weighted by Gasteiger charge is -2.08. The molecule has 0 radical (unpaired) electrons. The molecule has 0 aliphatic heterocycles. The summed E-state index contributed by atoms with van der Waals surface area (Å²) in [4.78, 5) is 13.8. The van der Waals surface area contributed by atoms with E-state index in [0.29, 0.717) is 5.56 Å². The first kappa shape index (κ1) is 18.3. The summed E-state index contributed by atoms with van der Waals surface area (Å²) in [5, 5.41) is 5.27. The zero-order valence-electron chi connectivity index (χ0n) is 15.7. The molecule has 0 atom stereocenters. The van der Waals surface area contributed by atoms with Gasteiger partial charge in [-0.1, -0.05) is 60.2 Å².